The lowest BCUT2D eigenvalue weighted by Gasteiger charge is -2.28. The highest BCUT2D eigenvalue weighted by Gasteiger charge is 2.56. The van der Waals surface area contributed by atoms with Gasteiger partial charge in [-0.3, -0.25) is 9.59 Å². The summed E-state index contributed by atoms with van der Waals surface area (Å²) in [5.74, 6) is -1.30. The molecule has 2 aromatic carbocycles. The zero-order valence-corrected chi connectivity index (χ0v) is 20.2. The first-order chi connectivity index (χ1) is 16.8. The van der Waals surface area contributed by atoms with Gasteiger partial charge in [0.05, 0.1) is 5.41 Å². The van der Waals surface area contributed by atoms with E-state index in [1.54, 1.807) is 4.90 Å². The number of carbonyl (C=O) groups is 3. The summed E-state index contributed by atoms with van der Waals surface area (Å²) in [5.41, 5.74) is 3.71. The van der Waals surface area contributed by atoms with Crippen molar-refractivity contribution in [2.75, 3.05) is 19.7 Å². The summed E-state index contributed by atoms with van der Waals surface area (Å²) < 4.78 is 5.65. The van der Waals surface area contributed by atoms with Crippen LogP contribution in [0.5, 0.6) is 0 Å². The van der Waals surface area contributed by atoms with Crippen molar-refractivity contribution in [2.45, 2.75) is 45.1 Å². The second-order valence-electron chi connectivity index (χ2n) is 10.5. The van der Waals surface area contributed by atoms with Gasteiger partial charge < -0.3 is 20.1 Å². The van der Waals surface area contributed by atoms with Crippen LogP contribution in [0.3, 0.4) is 0 Å². The van der Waals surface area contributed by atoms with Crippen LogP contribution in [0.4, 0.5) is 4.79 Å². The Morgan fingerprint density at radius 2 is 1.71 bits per heavy atom. The Labute approximate surface area is 205 Å². The Bertz CT molecular complexity index is 1120. The molecule has 3 aliphatic rings. The van der Waals surface area contributed by atoms with E-state index >= 15 is 0 Å². The van der Waals surface area contributed by atoms with Gasteiger partial charge in [0.2, 0.25) is 5.91 Å². The van der Waals surface area contributed by atoms with Gasteiger partial charge >= 0.3 is 12.1 Å². The predicted molar refractivity (Wildman–Crippen MR) is 131 cm³/mol. The van der Waals surface area contributed by atoms with Crippen LogP contribution in [0.1, 0.15) is 50.2 Å². The summed E-state index contributed by atoms with van der Waals surface area (Å²) in [7, 11) is 0. The number of aliphatic carboxylic acids is 1. The molecule has 2 aliphatic carbocycles. The van der Waals surface area contributed by atoms with E-state index in [9.17, 15) is 19.5 Å². The van der Waals surface area contributed by atoms with Crippen LogP contribution < -0.4 is 5.32 Å². The molecular formula is C28H32N2O5. The quantitative estimate of drug-likeness (QED) is 0.649. The molecule has 1 saturated carbocycles. The topological polar surface area (TPSA) is 95.9 Å². The lowest BCUT2D eigenvalue weighted by Crippen LogP contribution is -2.51. The van der Waals surface area contributed by atoms with Crippen LogP contribution in [0.15, 0.2) is 48.5 Å². The number of carboxylic acid groups (broad SMARTS) is 1. The molecule has 2 N–H and O–H groups in total. The number of likely N-dealkylation sites (tertiary alicyclic amines) is 1. The molecule has 1 heterocycles. The summed E-state index contributed by atoms with van der Waals surface area (Å²) in [6.45, 7) is 4.56. The maximum Gasteiger partial charge on any atom is 0.407 e. The van der Waals surface area contributed by atoms with Gasteiger partial charge in [-0.05, 0) is 46.9 Å². The van der Waals surface area contributed by atoms with E-state index in [2.05, 4.69) is 29.6 Å². The molecule has 7 heteroatoms. The minimum atomic E-state index is -0.846. The number of carbonyl (C=O) groups excluding carboxylic acids is 2. The third kappa shape index (κ3) is 3.97. The maximum absolute atomic E-state index is 13.4. The minimum Gasteiger partial charge on any atom is -0.481 e. The average molecular weight is 477 g/mol. The molecule has 2 amide bonds. The zero-order valence-electron chi connectivity index (χ0n) is 20.2. The van der Waals surface area contributed by atoms with Crippen molar-refractivity contribution < 1.29 is 24.2 Å². The Kier molecular flexibility index (Phi) is 6.03. The highest BCUT2D eigenvalue weighted by Crippen LogP contribution is 2.49. The minimum absolute atomic E-state index is 0.0220. The first-order valence-electron chi connectivity index (χ1n) is 12.5. The molecule has 1 aliphatic heterocycles. The first kappa shape index (κ1) is 23.4. The van der Waals surface area contributed by atoms with E-state index in [4.69, 9.17) is 4.74 Å². The molecule has 0 aromatic heterocycles. The maximum atomic E-state index is 13.4. The van der Waals surface area contributed by atoms with Crippen molar-refractivity contribution in [1.82, 2.24) is 10.2 Å². The molecule has 0 radical (unpaired) electrons. The fourth-order valence-corrected chi connectivity index (χ4v) is 6.28. The molecule has 5 rings (SSSR count). The second-order valence-corrected chi connectivity index (χ2v) is 10.5. The third-order valence-electron chi connectivity index (χ3n) is 8.16. The molecule has 2 aromatic rings. The van der Waals surface area contributed by atoms with E-state index in [1.165, 1.54) is 0 Å². The Hall–Kier alpha value is -3.35. The fourth-order valence-electron chi connectivity index (χ4n) is 6.28. The number of fused-ring (bicyclic) bond motifs is 4. The van der Waals surface area contributed by atoms with Crippen molar-refractivity contribution in [3.63, 3.8) is 0 Å². The van der Waals surface area contributed by atoms with E-state index < -0.39 is 23.5 Å². The molecule has 184 valence electrons. The van der Waals surface area contributed by atoms with Crippen molar-refractivity contribution in [1.29, 1.82) is 0 Å². The van der Waals surface area contributed by atoms with E-state index in [-0.39, 0.29) is 36.8 Å². The number of hydrogen-bond acceptors (Lipinski definition) is 4. The van der Waals surface area contributed by atoms with Gasteiger partial charge in [-0.25, -0.2) is 4.79 Å². The van der Waals surface area contributed by atoms with Gasteiger partial charge in [-0.1, -0.05) is 68.8 Å². The highest BCUT2D eigenvalue weighted by molar-refractivity contribution is 5.88. The standard InChI is InChI=1S/C28H32N2O5/c1-17(2)24(25(31)30-14-18-8-7-13-28(18,16-30)26(32)33)29-27(34)35-15-23-21-11-5-3-9-19(21)20-10-4-6-12-22(20)23/h3-6,9-12,17-18,23-24H,7-8,13-16H2,1-2H3,(H,29,34)(H,32,33). The van der Waals surface area contributed by atoms with Crippen molar-refractivity contribution in [2.24, 2.45) is 17.3 Å². The molecule has 3 unspecified atom stereocenters. The van der Waals surface area contributed by atoms with E-state index in [1.807, 2.05) is 38.1 Å². The van der Waals surface area contributed by atoms with Crippen LogP contribution >= 0.6 is 0 Å². The highest BCUT2D eigenvalue weighted by atomic mass is 16.5. The number of amides is 2. The number of carboxylic acids is 1. The summed E-state index contributed by atoms with van der Waals surface area (Å²) in [6, 6.07) is 15.5. The number of benzene rings is 2. The van der Waals surface area contributed by atoms with Crippen molar-refractivity contribution in [3.05, 3.63) is 59.7 Å². The van der Waals surface area contributed by atoms with Gasteiger partial charge in [0.1, 0.15) is 12.6 Å². The SMILES string of the molecule is CC(C)C(NC(=O)OCC1c2ccccc2-c2ccccc21)C(=O)N1CC2CCCC2(C(=O)O)C1. The average Bonchev–Trinajstić information content (AvgIpc) is 3.50. The van der Waals surface area contributed by atoms with Crippen LogP contribution in [0.2, 0.25) is 0 Å². The monoisotopic (exact) mass is 476 g/mol. The Balaban J connectivity index is 1.25. The smallest absolute Gasteiger partial charge is 0.407 e. The summed E-state index contributed by atoms with van der Waals surface area (Å²) in [4.78, 5) is 39.8. The van der Waals surface area contributed by atoms with Crippen LogP contribution in [-0.2, 0) is 14.3 Å². The van der Waals surface area contributed by atoms with E-state index in [0.29, 0.717) is 13.0 Å². The summed E-state index contributed by atoms with van der Waals surface area (Å²) in [6.07, 6.45) is 1.67. The summed E-state index contributed by atoms with van der Waals surface area (Å²) in [5, 5.41) is 12.6. The summed E-state index contributed by atoms with van der Waals surface area (Å²) >= 11 is 0. The molecule has 0 bridgehead atoms. The number of hydrogen-bond donors (Lipinski definition) is 2. The van der Waals surface area contributed by atoms with Crippen LogP contribution in [0.25, 0.3) is 11.1 Å². The molecule has 0 spiro atoms. The zero-order chi connectivity index (χ0) is 24.7. The molecule has 1 saturated heterocycles. The van der Waals surface area contributed by atoms with Gasteiger partial charge in [-0.15, -0.1) is 0 Å². The van der Waals surface area contributed by atoms with Crippen molar-refractivity contribution in [3.8, 4) is 11.1 Å². The normalized spacial score (nSPS) is 23.5. The lowest BCUT2D eigenvalue weighted by molar-refractivity contribution is -0.149. The largest absolute Gasteiger partial charge is 0.481 e. The molecular weight excluding hydrogens is 444 g/mol. The van der Waals surface area contributed by atoms with E-state index in [0.717, 1.165) is 35.1 Å². The van der Waals surface area contributed by atoms with Gasteiger partial charge in [0.25, 0.3) is 0 Å². The number of ether oxygens (including phenoxy) is 1. The second kappa shape index (κ2) is 9.02. The number of rotatable bonds is 6. The Morgan fingerprint density at radius 3 is 2.29 bits per heavy atom. The number of alkyl carbamates (subject to hydrolysis) is 1. The predicted octanol–water partition coefficient (Wildman–Crippen LogP) is 4.26. The molecule has 7 nitrogen and oxygen atoms in total. The Morgan fingerprint density at radius 1 is 1.09 bits per heavy atom. The third-order valence-corrected chi connectivity index (χ3v) is 8.16. The molecule has 3 atom stereocenters. The van der Waals surface area contributed by atoms with Crippen molar-refractivity contribution >= 4 is 18.0 Å². The molecule has 2 fully saturated rings. The first-order valence-corrected chi connectivity index (χ1v) is 12.5. The fraction of sp³-hybridized carbons (Fsp3) is 0.464. The van der Waals surface area contributed by atoms with Crippen LogP contribution in [0, 0.1) is 17.3 Å². The number of nitrogens with one attached hydrogen (secondary N) is 1. The number of nitrogens with zero attached hydrogens (tertiary/aromatic N) is 1. The molecule has 35 heavy (non-hydrogen) atoms. The lowest BCUT2D eigenvalue weighted by atomic mass is 9.81. The van der Waals surface area contributed by atoms with Gasteiger partial charge in [0, 0.05) is 19.0 Å². The van der Waals surface area contributed by atoms with Gasteiger partial charge in [0.15, 0.2) is 0 Å². The van der Waals surface area contributed by atoms with Crippen LogP contribution in [-0.4, -0.2) is 53.7 Å². The van der Waals surface area contributed by atoms with Gasteiger partial charge in [-0.2, -0.15) is 0 Å².